The van der Waals surface area contributed by atoms with E-state index in [4.69, 9.17) is 10.2 Å². The van der Waals surface area contributed by atoms with Crippen LogP contribution in [0.5, 0.6) is 0 Å². The summed E-state index contributed by atoms with van der Waals surface area (Å²) >= 11 is 0. The Balaban J connectivity index is 3.54. The van der Waals surface area contributed by atoms with Crippen LogP contribution in [0.3, 0.4) is 0 Å². The standard InChI is InChI=1S/C9H17NO3/c1-2-8(4-6-11)7-10-5-3-9(12)13/h3,5,8,10-11H,2,4,6-7H2,1H3,(H,12,13)/b5-3+. The van der Waals surface area contributed by atoms with Gasteiger partial charge in [0.25, 0.3) is 0 Å². The zero-order chi connectivity index (χ0) is 10.1. The van der Waals surface area contributed by atoms with Gasteiger partial charge in [-0.25, -0.2) is 4.79 Å². The van der Waals surface area contributed by atoms with Crippen molar-refractivity contribution in [1.29, 1.82) is 0 Å². The van der Waals surface area contributed by atoms with Crippen molar-refractivity contribution in [3.63, 3.8) is 0 Å². The fraction of sp³-hybridized carbons (Fsp3) is 0.667. The number of aliphatic carboxylic acids is 1. The Morgan fingerprint density at radius 2 is 2.31 bits per heavy atom. The highest BCUT2D eigenvalue weighted by molar-refractivity contribution is 5.79. The Morgan fingerprint density at radius 3 is 2.77 bits per heavy atom. The van der Waals surface area contributed by atoms with E-state index < -0.39 is 5.97 Å². The molecule has 4 heteroatoms. The molecule has 0 fully saturated rings. The minimum atomic E-state index is -0.956. The quantitative estimate of drug-likeness (QED) is 0.510. The number of nitrogens with one attached hydrogen (secondary N) is 1. The first-order valence-electron chi connectivity index (χ1n) is 4.44. The van der Waals surface area contributed by atoms with E-state index in [2.05, 4.69) is 5.32 Å². The summed E-state index contributed by atoms with van der Waals surface area (Å²) in [5.41, 5.74) is 0. The van der Waals surface area contributed by atoms with Crippen molar-refractivity contribution in [1.82, 2.24) is 5.32 Å². The Hall–Kier alpha value is -1.03. The summed E-state index contributed by atoms with van der Waals surface area (Å²) in [6.45, 7) is 2.94. The number of carboxylic acids is 1. The lowest BCUT2D eigenvalue weighted by atomic mass is 10.0. The monoisotopic (exact) mass is 187 g/mol. The van der Waals surface area contributed by atoms with Crippen molar-refractivity contribution in [3.8, 4) is 0 Å². The van der Waals surface area contributed by atoms with Crippen LogP contribution >= 0.6 is 0 Å². The van der Waals surface area contributed by atoms with E-state index in [1.807, 2.05) is 6.92 Å². The van der Waals surface area contributed by atoms with E-state index in [1.165, 1.54) is 6.20 Å². The SMILES string of the molecule is CCC(CCO)CN/C=C/C(=O)O. The summed E-state index contributed by atoms with van der Waals surface area (Å²) in [6.07, 6.45) is 4.22. The van der Waals surface area contributed by atoms with Gasteiger partial charge in [0, 0.05) is 25.4 Å². The predicted molar refractivity (Wildman–Crippen MR) is 50.3 cm³/mol. The van der Waals surface area contributed by atoms with Crippen LogP contribution in [-0.4, -0.2) is 29.3 Å². The fourth-order valence-electron chi connectivity index (χ4n) is 0.998. The van der Waals surface area contributed by atoms with Crippen LogP contribution < -0.4 is 5.32 Å². The third-order valence-electron chi connectivity index (χ3n) is 1.86. The lowest BCUT2D eigenvalue weighted by Crippen LogP contribution is -2.18. The van der Waals surface area contributed by atoms with Gasteiger partial charge < -0.3 is 15.5 Å². The molecule has 0 aliphatic carbocycles. The molecule has 0 saturated heterocycles. The lowest BCUT2D eigenvalue weighted by molar-refractivity contribution is -0.131. The number of aliphatic hydroxyl groups is 1. The van der Waals surface area contributed by atoms with E-state index in [-0.39, 0.29) is 6.61 Å². The van der Waals surface area contributed by atoms with Crippen LogP contribution in [0.15, 0.2) is 12.3 Å². The molecule has 13 heavy (non-hydrogen) atoms. The number of aliphatic hydroxyl groups excluding tert-OH is 1. The number of hydrogen-bond acceptors (Lipinski definition) is 3. The maximum absolute atomic E-state index is 10.1. The van der Waals surface area contributed by atoms with Crippen LogP contribution in [0, 0.1) is 5.92 Å². The maximum Gasteiger partial charge on any atom is 0.329 e. The van der Waals surface area contributed by atoms with Crippen molar-refractivity contribution in [2.75, 3.05) is 13.2 Å². The summed E-state index contributed by atoms with van der Waals surface area (Å²) in [7, 11) is 0. The molecule has 0 bridgehead atoms. The molecule has 0 aromatic carbocycles. The van der Waals surface area contributed by atoms with E-state index in [0.717, 1.165) is 18.9 Å². The van der Waals surface area contributed by atoms with Gasteiger partial charge in [0.2, 0.25) is 0 Å². The molecule has 0 aliphatic rings. The number of rotatable bonds is 7. The molecule has 0 saturated carbocycles. The molecule has 0 heterocycles. The zero-order valence-corrected chi connectivity index (χ0v) is 7.86. The largest absolute Gasteiger partial charge is 0.478 e. The Morgan fingerprint density at radius 1 is 1.62 bits per heavy atom. The van der Waals surface area contributed by atoms with Gasteiger partial charge in [-0.15, -0.1) is 0 Å². The van der Waals surface area contributed by atoms with Gasteiger partial charge in [-0.1, -0.05) is 13.3 Å². The normalized spacial score (nSPS) is 13.1. The van der Waals surface area contributed by atoms with Crippen LogP contribution in [-0.2, 0) is 4.79 Å². The lowest BCUT2D eigenvalue weighted by Gasteiger charge is -2.12. The highest BCUT2D eigenvalue weighted by Crippen LogP contribution is 2.05. The van der Waals surface area contributed by atoms with Crippen molar-refractivity contribution in [3.05, 3.63) is 12.3 Å². The molecule has 3 N–H and O–H groups in total. The average Bonchev–Trinajstić information content (AvgIpc) is 2.10. The average molecular weight is 187 g/mol. The molecule has 1 atom stereocenters. The second kappa shape index (κ2) is 7.61. The van der Waals surface area contributed by atoms with Gasteiger partial charge >= 0.3 is 5.97 Å². The van der Waals surface area contributed by atoms with Crippen LogP contribution in [0.2, 0.25) is 0 Å². The molecule has 0 aromatic heterocycles. The van der Waals surface area contributed by atoms with Crippen molar-refractivity contribution >= 4 is 5.97 Å². The highest BCUT2D eigenvalue weighted by Gasteiger charge is 2.02. The maximum atomic E-state index is 10.1. The van der Waals surface area contributed by atoms with Gasteiger partial charge in [-0.3, -0.25) is 0 Å². The van der Waals surface area contributed by atoms with Crippen LogP contribution in [0.25, 0.3) is 0 Å². The van der Waals surface area contributed by atoms with Crippen LogP contribution in [0.4, 0.5) is 0 Å². The number of carboxylic acid groups (broad SMARTS) is 1. The minimum absolute atomic E-state index is 0.183. The number of carbonyl (C=O) groups is 1. The van der Waals surface area contributed by atoms with E-state index in [0.29, 0.717) is 12.5 Å². The van der Waals surface area contributed by atoms with Gasteiger partial charge in [-0.05, 0) is 12.3 Å². The molecular weight excluding hydrogens is 170 g/mol. The smallest absolute Gasteiger partial charge is 0.329 e. The van der Waals surface area contributed by atoms with Gasteiger partial charge in [0.15, 0.2) is 0 Å². The Bertz CT molecular complexity index is 168. The second-order valence-corrected chi connectivity index (χ2v) is 2.87. The predicted octanol–water partition coefficient (Wildman–Crippen LogP) is 0.583. The first-order chi connectivity index (χ1) is 6.20. The zero-order valence-electron chi connectivity index (χ0n) is 7.86. The van der Waals surface area contributed by atoms with Crippen LogP contribution in [0.1, 0.15) is 19.8 Å². The molecule has 0 aromatic rings. The molecular formula is C9H17NO3. The Kier molecular flexibility index (Phi) is 7.01. The molecule has 76 valence electrons. The van der Waals surface area contributed by atoms with Crippen molar-refractivity contribution in [2.24, 2.45) is 5.92 Å². The molecule has 0 spiro atoms. The first kappa shape index (κ1) is 12.0. The summed E-state index contributed by atoms with van der Waals surface area (Å²) in [5, 5.41) is 19.8. The van der Waals surface area contributed by atoms with Gasteiger partial charge in [0.05, 0.1) is 0 Å². The fourth-order valence-corrected chi connectivity index (χ4v) is 0.998. The van der Waals surface area contributed by atoms with E-state index in [1.54, 1.807) is 0 Å². The third-order valence-corrected chi connectivity index (χ3v) is 1.86. The summed E-state index contributed by atoms with van der Waals surface area (Å²) in [5.74, 6) is -0.550. The summed E-state index contributed by atoms with van der Waals surface area (Å²) < 4.78 is 0. The molecule has 0 radical (unpaired) electrons. The molecule has 0 amide bonds. The number of hydrogen-bond donors (Lipinski definition) is 3. The van der Waals surface area contributed by atoms with Gasteiger partial charge in [-0.2, -0.15) is 0 Å². The minimum Gasteiger partial charge on any atom is -0.478 e. The van der Waals surface area contributed by atoms with E-state index >= 15 is 0 Å². The van der Waals surface area contributed by atoms with E-state index in [9.17, 15) is 4.79 Å². The summed E-state index contributed by atoms with van der Waals surface area (Å²) in [6, 6.07) is 0. The molecule has 0 aliphatic heterocycles. The third kappa shape index (κ3) is 7.33. The molecule has 1 unspecified atom stereocenters. The molecule has 0 rings (SSSR count). The van der Waals surface area contributed by atoms with Gasteiger partial charge in [0.1, 0.15) is 0 Å². The molecule has 4 nitrogen and oxygen atoms in total. The van der Waals surface area contributed by atoms with Crippen molar-refractivity contribution < 1.29 is 15.0 Å². The van der Waals surface area contributed by atoms with Crippen molar-refractivity contribution in [2.45, 2.75) is 19.8 Å². The topological polar surface area (TPSA) is 69.6 Å². The highest BCUT2D eigenvalue weighted by atomic mass is 16.4. The summed E-state index contributed by atoms with van der Waals surface area (Å²) in [4.78, 5) is 10.1. The Labute approximate surface area is 78.3 Å². The second-order valence-electron chi connectivity index (χ2n) is 2.87. The first-order valence-corrected chi connectivity index (χ1v) is 4.44.